The van der Waals surface area contributed by atoms with Crippen LogP contribution in [0.1, 0.15) is 20.3 Å². The van der Waals surface area contributed by atoms with Gasteiger partial charge in [0, 0.05) is 6.42 Å². The second-order valence-corrected chi connectivity index (χ2v) is 2.57. The molecule has 54 valence electrons. The van der Waals surface area contributed by atoms with Crippen molar-refractivity contribution in [1.82, 2.24) is 0 Å². The SMILES string of the molecule is C=C1C[C@H](C#CC)[C@H](C)O1. The molecule has 0 bridgehead atoms. The molecule has 1 heteroatoms. The molecule has 0 N–H and O–H groups in total. The predicted octanol–water partition coefficient (Wildman–Crippen LogP) is 1.95. The summed E-state index contributed by atoms with van der Waals surface area (Å²) in [5.41, 5.74) is 0. The monoisotopic (exact) mass is 136 g/mol. The molecule has 0 aromatic heterocycles. The predicted molar refractivity (Wildman–Crippen MR) is 41.2 cm³/mol. The lowest BCUT2D eigenvalue weighted by Gasteiger charge is -2.05. The Balaban J connectivity index is 2.60. The summed E-state index contributed by atoms with van der Waals surface area (Å²) in [5, 5.41) is 0. The largest absolute Gasteiger partial charge is 0.494 e. The molecule has 1 heterocycles. The zero-order valence-electron chi connectivity index (χ0n) is 6.48. The zero-order chi connectivity index (χ0) is 7.56. The lowest BCUT2D eigenvalue weighted by atomic mass is 10.0. The summed E-state index contributed by atoms with van der Waals surface area (Å²) in [6, 6.07) is 0. The third-order valence-corrected chi connectivity index (χ3v) is 1.70. The first kappa shape index (κ1) is 7.21. The third kappa shape index (κ3) is 1.33. The van der Waals surface area contributed by atoms with E-state index in [2.05, 4.69) is 18.4 Å². The van der Waals surface area contributed by atoms with E-state index in [-0.39, 0.29) is 6.10 Å². The molecule has 0 unspecified atom stereocenters. The molecule has 1 aliphatic rings. The van der Waals surface area contributed by atoms with Crippen molar-refractivity contribution < 1.29 is 4.74 Å². The van der Waals surface area contributed by atoms with Gasteiger partial charge in [0.2, 0.25) is 0 Å². The molecule has 1 fully saturated rings. The normalized spacial score (nSPS) is 30.8. The number of hydrogen-bond donors (Lipinski definition) is 0. The highest BCUT2D eigenvalue weighted by Gasteiger charge is 2.25. The Hall–Kier alpha value is -0.900. The lowest BCUT2D eigenvalue weighted by molar-refractivity contribution is 0.164. The van der Waals surface area contributed by atoms with Gasteiger partial charge in [0.15, 0.2) is 0 Å². The van der Waals surface area contributed by atoms with Crippen molar-refractivity contribution in [2.45, 2.75) is 26.4 Å². The van der Waals surface area contributed by atoms with Crippen molar-refractivity contribution in [3.63, 3.8) is 0 Å². The highest BCUT2D eigenvalue weighted by atomic mass is 16.5. The van der Waals surface area contributed by atoms with Gasteiger partial charge in [-0.25, -0.2) is 0 Å². The van der Waals surface area contributed by atoms with Crippen LogP contribution in [0.2, 0.25) is 0 Å². The van der Waals surface area contributed by atoms with E-state index in [0.29, 0.717) is 5.92 Å². The van der Waals surface area contributed by atoms with Crippen molar-refractivity contribution in [2.24, 2.45) is 5.92 Å². The van der Waals surface area contributed by atoms with Crippen molar-refractivity contribution in [3.8, 4) is 11.8 Å². The molecule has 0 aromatic carbocycles. The Bertz CT molecular complexity index is 195. The van der Waals surface area contributed by atoms with E-state index in [0.717, 1.165) is 12.2 Å². The molecule has 0 radical (unpaired) electrons. The van der Waals surface area contributed by atoms with Gasteiger partial charge in [-0.15, -0.1) is 5.92 Å². The third-order valence-electron chi connectivity index (χ3n) is 1.70. The average molecular weight is 136 g/mol. The van der Waals surface area contributed by atoms with Gasteiger partial charge in [0.05, 0.1) is 11.7 Å². The summed E-state index contributed by atoms with van der Waals surface area (Å²) in [4.78, 5) is 0. The van der Waals surface area contributed by atoms with Crippen LogP contribution in [-0.4, -0.2) is 6.10 Å². The first-order chi connectivity index (χ1) is 4.74. The van der Waals surface area contributed by atoms with Crippen LogP contribution in [0.3, 0.4) is 0 Å². The molecule has 1 rings (SSSR count). The lowest BCUT2D eigenvalue weighted by Crippen LogP contribution is -2.08. The molecule has 1 nitrogen and oxygen atoms in total. The average Bonchev–Trinajstić information content (AvgIpc) is 2.13. The van der Waals surface area contributed by atoms with Crippen molar-refractivity contribution in [2.75, 3.05) is 0 Å². The molecule has 2 atom stereocenters. The minimum atomic E-state index is 0.236. The Labute approximate surface area is 62.1 Å². The maximum Gasteiger partial charge on any atom is 0.109 e. The zero-order valence-corrected chi connectivity index (χ0v) is 6.48. The highest BCUT2D eigenvalue weighted by molar-refractivity contribution is 5.10. The van der Waals surface area contributed by atoms with E-state index in [1.165, 1.54) is 0 Å². The van der Waals surface area contributed by atoms with Crippen molar-refractivity contribution in [3.05, 3.63) is 12.3 Å². The topological polar surface area (TPSA) is 9.23 Å². The van der Waals surface area contributed by atoms with E-state index < -0.39 is 0 Å². The van der Waals surface area contributed by atoms with Gasteiger partial charge in [0.1, 0.15) is 6.10 Å². The van der Waals surface area contributed by atoms with Gasteiger partial charge < -0.3 is 4.74 Å². The maximum atomic E-state index is 5.33. The molecule has 0 aliphatic carbocycles. The molecular weight excluding hydrogens is 124 g/mol. The molecule has 0 spiro atoms. The van der Waals surface area contributed by atoms with Crippen LogP contribution < -0.4 is 0 Å². The van der Waals surface area contributed by atoms with Crippen LogP contribution in [0.5, 0.6) is 0 Å². The van der Waals surface area contributed by atoms with Crippen LogP contribution in [-0.2, 0) is 4.74 Å². The smallest absolute Gasteiger partial charge is 0.109 e. The molecule has 0 saturated carbocycles. The van der Waals surface area contributed by atoms with E-state index in [4.69, 9.17) is 4.74 Å². The Kier molecular flexibility index (Phi) is 2.01. The summed E-state index contributed by atoms with van der Waals surface area (Å²) in [7, 11) is 0. The first-order valence-electron chi connectivity index (χ1n) is 3.50. The molecule has 1 aliphatic heterocycles. The number of allylic oxidation sites excluding steroid dienone is 1. The van der Waals surface area contributed by atoms with Crippen LogP contribution in [0.4, 0.5) is 0 Å². The number of rotatable bonds is 0. The summed E-state index contributed by atoms with van der Waals surface area (Å²) in [6.07, 6.45) is 1.14. The second kappa shape index (κ2) is 2.79. The number of ether oxygens (including phenoxy) is 1. The fourth-order valence-electron chi connectivity index (χ4n) is 1.16. The van der Waals surface area contributed by atoms with Crippen molar-refractivity contribution >= 4 is 0 Å². The number of hydrogen-bond acceptors (Lipinski definition) is 1. The van der Waals surface area contributed by atoms with Gasteiger partial charge in [-0.3, -0.25) is 0 Å². The molecule has 0 aromatic rings. The first-order valence-corrected chi connectivity index (χ1v) is 3.50. The second-order valence-electron chi connectivity index (χ2n) is 2.57. The highest BCUT2D eigenvalue weighted by Crippen LogP contribution is 2.26. The quantitative estimate of drug-likeness (QED) is 0.462. The molecule has 1 saturated heterocycles. The minimum absolute atomic E-state index is 0.236. The van der Waals surface area contributed by atoms with E-state index in [9.17, 15) is 0 Å². The summed E-state index contributed by atoms with van der Waals surface area (Å²) in [6.45, 7) is 7.64. The van der Waals surface area contributed by atoms with Crippen LogP contribution in [0.15, 0.2) is 12.3 Å². The van der Waals surface area contributed by atoms with Gasteiger partial charge >= 0.3 is 0 Å². The molecular formula is C9H12O. The maximum absolute atomic E-state index is 5.33. The van der Waals surface area contributed by atoms with Crippen molar-refractivity contribution in [1.29, 1.82) is 0 Å². The van der Waals surface area contributed by atoms with Gasteiger partial charge in [0.25, 0.3) is 0 Å². The van der Waals surface area contributed by atoms with Gasteiger partial charge in [-0.2, -0.15) is 0 Å². The summed E-state index contributed by atoms with van der Waals surface area (Å²) >= 11 is 0. The Morgan fingerprint density at radius 3 is 2.80 bits per heavy atom. The van der Waals surface area contributed by atoms with Gasteiger partial charge in [-0.1, -0.05) is 12.5 Å². The summed E-state index contributed by atoms with van der Waals surface area (Å²) in [5.74, 6) is 7.23. The van der Waals surface area contributed by atoms with Crippen LogP contribution >= 0.6 is 0 Å². The van der Waals surface area contributed by atoms with Gasteiger partial charge in [-0.05, 0) is 13.8 Å². The van der Waals surface area contributed by atoms with Crippen LogP contribution in [0.25, 0.3) is 0 Å². The van der Waals surface area contributed by atoms with E-state index in [1.807, 2.05) is 13.8 Å². The Morgan fingerprint density at radius 2 is 2.40 bits per heavy atom. The van der Waals surface area contributed by atoms with E-state index in [1.54, 1.807) is 0 Å². The molecule has 10 heavy (non-hydrogen) atoms. The summed E-state index contributed by atoms with van der Waals surface area (Å²) < 4.78 is 5.33. The Morgan fingerprint density at radius 1 is 1.70 bits per heavy atom. The minimum Gasteiger partial charge on any atom is -0.494 e. The fourth-order valence-corrected chi connectivity index (χ4v) is 1.16. The standard InChI is InChI=1S/C9H12O/c1-4-5-9-6-7(2)10-8(9)3/h8-9H,2,6H2,1,3H3/t8-,9-/m0/s1. The molecule has 0 amide bonds. The van der Waals surface area contributed by atoms with Crippen LogP contribution in [0, 0.1) is 17.8 Å². The fraction of sp³-hybridized carbons (Fsp3) is 0.556. The van der Waals surface area contributed by atoms with E-state index >= 15 is 0 Å².